The Balaban J connectivity index is 2.19. The maximum absolute atomic E-state index is 12.5. The Morgan fingerprint density at radius 1 is 1.48 bits per heavy atom. The molecule has 2 aliphatic heterocycles. The van der Waals surface area contributed by atoms with Gasteiger partial charge in [-0.15, -0.1) is 0 Å². The number of amidine groups is 1. The van der Waals surface area contributed by atoms with Crippen LogP contribution < -0.4 is 0 Å². The van der Waals surface area contributed by atoms with Gasteiger partial charge in [-0.05, 0) is 24.6 Å². The van der Waals surface area contributed by atoms with Gasteiger partial charge in [0.2, 0.25) is 5.91 Å². The average molecular weight is 351 g/mol. The normalized spacial score (nSPS) is 21.0. The van der Waals surface area contributed by atoms with Crippen LogP contribution in [0.25, 0.3) is 0 Å². The van der Waals surface area contributed by atoms with Crippen molar-refractivity contribution in [3.05, 3.63) is 46.1 Å². The van der Waals surface area contributed by atoms with Gasteiger partial charge in [-0.1, -0.05) is 35.5 Å². The van der Waals surface area contributed by atoms with Crippen LogP contribution in [0.1, 0.15) is 24.9 Å². The molecule has 1 atom stereocenters. The number of halogens is 1. The van der Waals surface area contributed by atoms with Crippen molar-refractivity contribution in [3.63, 3.8) is 0 Å². The van der Waals surface area contributed by atoms with Crippen molar-refractivity contribution in [1.29, 1.82) is 0 Å². The summed E-state index contributed by atoms with van der Waals surface area (Å²) in [6.45, 7) is 1.76. The Hall–Kier alpha value is -1.79. The van der Waals surface area contributed by atoms with E-state index in [1.807, 2.05) is 6.07 Å². The molecule has 5 nitrogen and oxygen atoms in total. The van der Waals surface area contributed by atoms with E-state index < -0.39 is 12.0 Å². The number of thioether (sulfide) groups is 1. The van der Waals surface area contributed by atoms with Crippen LogP contribution in [0, 0.1) is 0 Å². The van der Waals surface area contributed by atoms with Crippen LogP contribution in [0.2, 0.25) is 5.02 Å². The molecule has 120 valence electrons. The number of allylic oxidation sites excluding steroid dienone is 1. The van der Waals surface area contributed by atoms with Gasteiger partial charge in [-0.3, -0.25) is 9.69 Å². The van der Waals surface area contributed by atoms with Crippen LogP contribution in [-0.2, 0) is 14.3 Å². The van der Waals surface area contributed by atoms with E-state index in [4.69, 9.17) is 16.3 Å². The van der Waals surface area contributed by atoms with Gasteiger partial charge in [0.25, 0.3) is 0 Å². The minimum atomic E-state index is -0.561. The van der Waals surface area contributed by atoms with E-state index in [-0.39, 0.29) is 5.91 Å². The molecule has 0 spiro atoms. The lowest BCUT2D eigenvalue weighted by Crippen LogP contribution is -2.45. The van der Waals surface area contributed by atoms with Gasteiger partial charge in [0.15, 0.2) is 5.17 Å². The summed E-state index contributed by atoms with van der Waals surface area (Å²) in [6.07, 6.45) is 0.411. The summed E-state index contributed by atoms with van der Waals surface area (Å²) in [4.78, 5) is 30.8. The first-order valence-corrected chi connectivity index (χ1v) is 8.47. The second-order valence-electron chi connectivity index (χ2n) is 5.20. The van der Waals surface area contributed by atoms with E-state index in [9.17, 15) is 9.59 Å². The molecule has 2 heterocycles. The van der Waals surface area contributed by atoms with Crippen molar-refractivity contribution < 1.29 is 14.3 Å². The fourth-order valence-electron chi connectivity index (χ4n) is 2.76. The molecular weight excluding hydrogens is 336 g/mol. The van der Waals surface area contributed by atoms with E-state index in [1.165, 1.54) is 18.9 Å². The van der Waals surface area contributed by atoms with Gasteiger partial charge < -0.3 is 4.74 Å². The Morgan fingerprint density at radius 3 is 2.96 bits per heavy atom. The quantitative estimate of drug-likeness (QED) is 0.769. The first-order chi connectivity index (χ1) is 11.0. The molecule has 0 aliphatic carbocycles. The lowest BCUT2D eigenvalue weighted by Gasteiger charge is -2.38. The second-order valence-corrected chi connectivity index (χ2v) is 6.70. The molecule has 0 aromatic heterocycles. The molecule has 23 heavy (non-hydrogen) atoms. The molecule has 1 aromatic carbocycles. The highest BCUT2D eigenvalue weighted by Gasteiger charge is 2.41. The van der Waals surface area contributed by atoms with Crippen molar-refractivity contribution in [1.82, 2.24) is 4.90 Å². The monoisotopic (exact) mass is 350 g/mol. The molecule has 1 aromatic rings. The van der Waals surface area contributed by atoms with E-state index in [1.54, 1.807) is 30.0 Å². The van der Waals surface area contributed by atoms with E-state index >= 15 is 0 Å². The first kappa shape index (κ1) is 16.1. The van der Waals surface area contributed by atoms with E-state index in [0.717, 1.165) is 5.56 Å². The molecule has 0 bridgehead atoms. The highest BCUT2D eigenvalue weighted by atomic mass is 35.5. The number of fused-ring (bicyclic) bond motifs is 1. The second kappa shape index (κ2) is 6.37. The zero-order chi connectivity index (χ0) is 16.6. The average Bonchev–Trinajstić information content (AvgIpc) is 2.53. The van der Waals surface area contributed by atoms with E-state index in [2.05, 4.69) is 4.99 Å². The minimum Gasteiger partial charge on any atom is -0.466 e. The molecule has 1 amide bonds. The van der Waals surface area contributed by atoms with Crippen molar-refractivity contribution in [2.75, 3.05) is 12.9 Å². The van der Waals surface area contributed by atoms with Crippen molar-refractivity contribution in [2.45, 2.75) is 19.4 Å². The molecule has 7 heteroatoms. The zero-order valence-electron chi connectivity index (χ0n) is 12.7. The van der Waals surface area contributed by atoms with Crippen LogP contribution in [0.3, 0.4) is 0 Å². The smallest absolute Gasteiger partial charge is 0.338 e. The Kier molecular flexibility index (Phi) is 4.46. The molecule has 0 unspecified atom stereocenters. The third kappa shape index (κ3) is 2.88. The van der Waals surface area contributed by atoms with Crippen LogP contribution in [0.4, 0.5) is 0 Å². The third-order valence-electron chi connectivity index (χ3n) is 3.78. The Bertz CT molecular complexity index is 745. The topological polar surface area (TPSA) is 59.0 Å². The largest absolute Gasteiger partial charge is 0.466 e. The fourth-order valence-corrected chi connectivity index (χ4v) is 3.97. The molecule has 0 radical (unpaired) electrons. The summed E-state index contributed by atoms with van der Waals surface area (Å²) < 4.78 is 4.91. The summed E-state index contributed by atoms with van der Waals surface area (Å²) in [7, 11) is 1.32. The fraction of sp³-hybridized carbons (Fsp3) is 0.312. The minimum absolute atomic E-state index is 0.0543. The van der Waals surface area contributed by atoms with Gasteiger partial charge in [0.1, 0.15) is 0 Å². The summed E-state index contributed by atoms with van der Waals surface area (Å²) in [5, 5.41) is 1.17. The van der Waals surface area contributed by atoms with Crippen molar-refractivity contribution >= 4 is 40.4 Å². The number of rotatable bonds is 2. The number of amides is 1. The predicted molar refractivity (Wildman–Crippen MR) is 90.3 cm³/mol. The lowest BCUT2D eigenvalue weighted by atomic mass is 9.94. The number of hydrogen-bond donors (Lipinski definition) is 0. The van der Waals surface area contributed by atoms with Gasteiger partial charge in [-0.25, -0.2) is 9.79 Å². The van der Waals surface area contributed by atoms with E-state index in [0.29, 0.717) is 33.6 Å². The molecule has 2 aliphatic rings. The summed E-state index contributed by atoms with van der Waals surface area (Å²) in [5.74, 6) is 0.150. The molecule has 0 saturated carbocycles. The van der Waals surface area contributed by atoms with Gasteiger partial charge in [0.05, 0.1) is 24.4 Å². The van der Waals surface area contributed by atoms with Crippen LogP contribution in [-0.4, -0.2) is 34.8 Å². The maximum Gasteiger partial charge on any atom is 0.338 e. The zero-order valence-corrected chi connectivity index (χ0v) is 14.3. The molecular formula is C16H15ClN2O3S. The summed E-state index contributed by atoms with van der Waals surface area (Å²) in [5.41, 5.74) is 1.70. The van der Waals surface area contributed by atoms with Crippen LogP contribution in [0.15, 0.2) is 40.5 Å². The number of carbonyl (C=O) groups is 2. The molecule has 3 rings (SSSR count). The SMILES string of the molecule is COC(=O)C1=C(C)N=C2SCCC(=O)N2[C@@H]1c1cccc(Cl)c1. The maximum atomic E-state index is 12.5. The molecule has 0 N–H and O–H groups in total. The Morgan fingerprint density at radius 2 is 2.26 bits per heavy atom. The molecule has 1 fully saturated rings. The third-order valence-corrected chi connectivity index (χ3v) is 4.97. The number of ether oxygens (including phenoxy) is 1. The highest BCUT2D eigenvalue weighted by molar-refractivity contribution is 8.14. The molecule has 1 saturated heterocycles. The van der Waals surface area contributed by atoms with Crippen LogP contribution >= 0.6 is 23.4 Å². The summed E-state index contributed by atoms with van der Waals surface area (Å²) >= 11 is 7.62. The first-order valence-electron chi connectivity index (χ1n) is 7.11. The standard InChI is InChI=1S/C16H15ClN2O3S/c1-9-13(15(21)22-2)14(10-4-3-5-11(17)8-10)19-12(20)6-7-23-16(19)18-9/h3-5,8,14H,6-7H2,1-2H3/t14-/m1/s1. The highest BCUT2D eigenvalue weighted by Crippen LogP contribution is 2.40. The van der Waals surface area contributed by atoms with Gasteiger partial charge in [0, 0.05) is 17.2 Å². The Labute approximate surface area is 143 Å². The van der Waals surface area contributed by atoms with Crippen LogP contribution in [0.5, 0.6) is 0 Å². The number of carbonyl (C=O) groups excluding carboxylic acids is 2. The number of aliphatic imine (C=N–C) groups is 1. The number of esters is 1. The predicted octanol–water partition coefficient (Wildman–Crippen LogP) is 3.16. The number of hydrogen-bond acceptors (Lipinski definition) is 5. The summed E-state index contributed by atoms with van der Waals surface area (Å²) in [6, 6.07) is 6.60. The van der Waals surface area contributed by atoms with Crippen molar-refractivity contribution in [3.8, 4) is 0 Å². The number of methoxy groups -OCH3 is 1. The van der Waals surface area contributed by atoms with Gasteiger partial charge >= 0.3 is 5.97 Å². The lowest BCUT2D eigenvalue weighted by molar-refractivity contribution is -0.137. The number of nitrogens with zero attached hydrogens (tertiary/aromatic N) is 2. The van der Waals surface area contributed by atoms with Gasteiger partial charge in [-0.2, -0.15) is 0 Å². The van der Waals surface area contributed by atoms with Crippen molar-refractivity contribution in [2.24, 2.45) is 4.99 Å². The number of benzene rings is 1.